The van der Waals surface area contributed by atoms with Crippen molar-refractivity contribution >= 4 is 29.1 Å². The van der Waals surface area contributed by atoms with E-state index in [-0.39, 0.29) is 35.0 Å². The Bertz CT molecular complexity index is 703. The number of aryl methyl sites for hydroxylation is 1. The minimum Gasteiger partial charge on any atom is -0.332 e. The van der Waals surface area contributed by atoms with Crippen LogP contribution in [0.3, 0.4) is 0 Å². The third-order valence-electron chi connectivity index (χ3n) is 3.96. The fourth-order valence-corrected chi connectivity index (χ4v) is 3.11. The van der Waals surface area contributed by atoms with E-state index in [2.05, 4.69) is 15.5 Å². The highest BCUT2D eigenvalue weighted by molar-refractivity contribution is 6.31. The SMILES string of the molecule is O=C(CCl)N(Cc1c(F)cccc1Cl)C1CCc2nnnn2C1. The van der Waals surface area contributed by atoms with Crippen molar-refractivity contribution in [1.29, 1.82) is 0 Å². The van der Waals surface area contributed by atoms with Crippen LogP contribution in [0.4, 0.5) is 4.39 Å². The first kappa shape index (κ1) is 16.1. The number of alkyl halides is 1. The molecule has 3 rings (SSSR count). The Balaban J connectivity index is 1.86. The van der Waals surface area contributed by atoms with Gasteiger partial charge in [-0.2, -0.15) is 0 Å². The van der Waals surface area contributed by atoms with Gasteiger partial charge in [0.2, 0.25) is 5.91 Å². The van der Waals surface area contributed by atoms with Crippen molar-refractivity contribution in [3.05, 3.63) is 40.4 Å². The van der Waals surface area contributed by atoms with E-state index in [0.717, 1.165) is 5.82 Å². The number of fused-ring (bicyclic) bond motifs is 1. The van der Waals surface area contributed by atoms with Crippen LogP contribution in [0.1, 0.15) is 17.8 Å². The van der Waals surface area contributed by atoms with E-state index in [1.165, 1.54) is 12.1 Å². The van der Waals surface area contributed by atoms with E-state index < -0.39 is 5.82 Å². The van der Waals surface area contributed by atoms with Crippen molar-refractivity contribution in [3.63, 3.8) is 0 Å². The van der Waals surface area contributed by atoms with Gasteiger partial charge in [-0.15, -0.1) is 16.7 Å². The molecule has 0 bridgehead atoms. The summed E-state index contributed by atoms with van der Waals surface area (Å²) in [5.41, 5.74) is 0.287. The number of halogens is 3. The number of carbonyl (C=O) groups excluding carboxylic acids is 1. The van der Waals surface area contributed by atoms with Gasteiger partial charge >= 0.3 is 0 Å². The molecule has 1 atom stereocenters. The average Bonchev–Trinajstić information content (AvgIpc) is 3.01. The third-order valence-corrected chi connectivity index (χ3v) is 4.54. The summed E-state index contributed by atoms with van der Waals surface area (Å²) < 4.78 is 15.7. The Morgan fingerprint density at radius 3 is 3.04 bits per heavy atom. The number of tetrazole rings is 1. The predicted molar refractivity (Wildman–Crippen MR) is 82.6 cm³/mol. The van der Waals surface area contributed by atoms with Gasteiger partial charge in [0.25, 0.3) is 0 Å². The molecule has 1 aromatic carbocycles. The molecule has 23 heavy (non-hydrogen) atoms. The fourth-order valence-electron chi connectivity index (χ4n) is 2.74. The molecule has 0 N–H and O–H groups in total. The highest BCUT2D eigenvalue weighted by Gasteiger charge is 2.29. The molecule has 1 aromatic heterocycles. The van der Waals surface area contributed by atoms with Crippen molar-refractivity contribution in [2.45, 2.75) is 32.0 Å². The maximum Gasteiger partial charge on any atom is 0.238 e. The van der Waals surface area contributed by atoms with Crippen LogP contribution in [-0.4, -0.2) is 42.9 Å². The van der Waals surface area contributed by atoms with Crippen LogP contribution in [0.15, 0.2) is 18.2 Å². The van der Waals surface area contributed by atoms with Crippen LogP contribution < -0.4 is 0 Å². The number of hydrogen-bond donors (Lipinski definition) is 0. The van der Waals surface area contributed by atoms with E-state index in [9.17, 15) is 9.18 Å². The summed E-state index contributed by atoms with van der Waals surface area (Å²) in [4.78, 5) is 13.8. The lowest BCUT2D eigenvalue weighted by molar-refractivity contribution is -0.132. The highest BCUT2D eigenvalue weighted by Crippen LogP contribution is 2.25. The minimum atomic E-state index is -0.441. The number of rotatable bonds is 4. The molecule has 0 fully saturated rings. The predicted octanol–water partition coefficient (Wildman–Crippen LogP) is 2.05. The molecule has 0 saturated carbocycles. The van der Waals surface area contributed by atoms with Gasteiger partial charge in [0.05, 0.1) is 19.1 Å². The summed E-state index contributed by atoms with van der Waals surface area (Å²) in [5.74, 6) is -0.106. The minimum absolute atomic E-state index is 0.0686. The van der Waals surface area contributed by atoms with E-state index >= 15 is 0 Å². The van der Waals surface area contributed by atoms with Crippen molar-refractivity contribution in [2.24, 2.45) is 0 Å². The molecule has 2 heterocycles. The lowest BCUT2D eigenvalue weighted by atomic mass is 10.0. The van der Waals surface area contributed by atoms with E-state index in [1.54, 1.807) is 15.6 Å². The maximum absolute atomic E-state index is 14.0. The third kappa shape index (κ3) is 3.30. The second-order valence-corrected chi connectivity index (χ2v) is 6.00. The number of nitrogens with zero attached hydrogens (tertiary/aromatic N) is 5. The number of amides is 1. The summed E-state index contributed by atoms with van der Waals surface area (Å²) in [5, 5.41) is 11.7. The molecular formula is C14H14Cl2FN5O. The molecule has 0 spiro atoms. The monoisotopic (exact) mass is 357 g/mol. The number of hydrogen-bond acceptors (Lipinski definition) is 4. The number of benzene rings is 1. The second kappa shape index (κ2) is 6.80. The smallest absolute Gasteiger partial charge is 0.238 e. The molecule has 2 aromatic rings. The van der Waals surface area contributed by atoms with E-state index in [1.807, 2.05) is 0 Å². The summed E-state index contributed by atoms with van der Waals surface area (Å²) in [6.07, 6.45) is 1.34. The average molecular weight is 358 g/mol. The fraction of sp³-hybridized carbons (Fsp3) is 0.429. The van der Waals surface area contributed by atoms with E-state index in [4.69, 9.17) is 23.2 Å². The van der Waals surface area contributed by atoms with Gasteiger partial charge in [-0.3, -0.25) is 4.79 Å². The molecule has 1 aliphatic heterocycles. The lowest BCUT2D eigenvalue weighted by Crippen LogP contribution is -2.45. The Morgan fingerprint density at radius 2 is 2.30 bits per heavy atom. The highest BCUT2D eigenvalue weighted by atomic mass is 35.5. The second-order valence-electron chi connectivity index (χ2n) is 5.33. The Hall–Kier alpha value is -1.73. The molecule has 0 aliphatic carbocycles. The Kier molecular flexibility index (Phi) is 4.77. The molecular weight excluding hydrogens is 344 g/mol. The lowest BCUT2D eigenvalue weighted by Gasteiger charge is -2.34. The van der Waals surface area contributed by atoms with Gasteiger partial charge in [0.1, 0.15) is 11.7 Å². The van der Waals surface area contributed by atoms with Crippen LogP contribution >= 0.6 is 23.2 Å². The van der Waals surface area contributed by atoms with Crippen molar-refractivity contribution in [3.8, 4) is 0 Å². The van der Waals surface area contributed by atoms with Gasteiger partial charge in [0, 0.05) is 17.0 Å². The first-order valence-electron chi connectivity index (χ1n) is 7.13. The van der Waals surface area contributed by atoms with Crippen LogP contribution in [0.25, 0.3) is 0 Å². The van der Waals surface area contributed by atoms with Gasteiger partial charge in [0.15, 0.2) is 5.82 Å². The molecule has 6 nitrogen and oxygen atoms in total. The van der Waals surface area contributed by atoms with E-state index in [0.29, 0.717) is 19.4 Å². The van der Waals surface area contributed by atoms with Crippen LogP contribution in [0.5, 0.6) is 0 Å². The van der Waals surface area contributed by atoms with Gasteiger partial charge in [-0.1, -0.05) is 17.7 Å². The summed E-state index contributed by atoms with van der Waals surface area (Å²) in [6, 6.07) is 4.30. The zero-order valence-corrected chi connectivity index (χ0v) is 13.6. The molecule has 9 heteroatoms. The van der Waals surface area contributed by atoms with Crippen LogP contribution in [0.2, 0.25) is 5.02 Å². The van der Waals surface area contributed by atoms with Crippen LogP contribution in [-0.2, 0) is 24.3 Å². The number of carbonyl (C=O) groups is 1. The van der Waals surface area contributed by atoms with Gasteiger partial charge in [-0.05, 0) is 29.0 Å². The molecule has 0 radical (unpaired) electrons. The Morgan fingerprint density at radius 1 is 1.48 bits per heavy atom. The normalized spacial score (nSPS) is 16.9. The maximum atomic E-state index is 14.0. The van der Waals surface area contributed by atoms with Crippen molar-refractivity contribution in [1.82, 2.24) is 25.1 Å². The molecule has 122 valence electrons. The zero-order chi connectivity index (χ0) is 16.4. The summed E-state index contributed by atoms with van der Waals surface area (Å²) >= 11 is 11.8. The first-order valence-corrected chi connectivity index (χ1v) is 8.04. The quantitative estimate of drug-likeness (QED) is 0.785. The van der Waals surface area contributed by atoms with Crippen molar-refractivity contribution in [2.75, 3.05) is 5.88 Å². The zero-order valence-electron chi connectivity index (χ0n) is 12.1. The topological polar surface area (TPSA) is 63.9 Å². The summed E-state index contributed by atoms with van der Waals surface area (Å²) in [7, 11) is 0. The number of aromatic nitrogens is 4. The molecule has 0 saturated heterocycles. The Labute approximate surface area is 142 Å². The van der Waals surface area contributed by atoms with Crippen molar-refractivity contribution < 1.29 is 9.18 Å². The van der Waals surface area contributed by atoms with Gasteiger partial charge in [-0.25, -0.2) is 9.07 Å². The van der Waals surface area contributed by atoms with Gasteiger partial charge < -0.3 is 4.90 Å². The summed E-state index contributed by atoms with van der Waals surface area (Å²) in [6.45, 7) is 0.524. The largest absolute Gasteiger partial charge is 0.332 e. The molecule has 1 aliphatic rings. The molecule has 1 unspecified atom stereocenters. The standard InChI is InChI=1S/C14H14Cl2FN5O/c15-6-14(23)21(8-10-11(16)2-1-3-12(10)17)9-4-5-13-18-19-20-22(13)7-9/h1-3,9H,4-8H2. The first-order chi connectivity index (χ1) is 11.1. The van der Waals surface area contributed by atoms with Crippen LogP contribution in [0, 0.1) is 5.82 Å². The molecule has 1 amide bonds.